The highest BCUT2D eigenvalue weighted by molar-refractivity contribution is 4.89. The lowest BCUT2D eigenvalue weighted by Crippen LogP contribution is -2.38. The topological polar surface area (TPSA) is 57.4 Å². The fourth-order valence-corrected chi connectivity index (χ4v) is 4.04. The van der Waals surface area contributed by atoms with Crippen LogP contribution in [0.2, 0.25) is 0 Å². The predicted octanol–water partition coefficient (Wildman–Crippen LogP) is 1.66. The SMILES string of the molecule is Cc1nc(CN(C)C2CCCN(CC3(C)CCNC3)CC2)no1. The molecule has 6 heteroatoms. The number of hydrogen-bond acceptors (Lipinski definition) is 6. The van der Waals surface area contributed by atoms with E-state index >= 15 is 0 Å². The average Bonchev–Trinajstić information content (AvgIpc) is 3.03. The Kier molecular flexibility index (Phi) is 5.34. The van der Waals surface area contributed by atoms with E-state index in [0.29, 0.717) is 17.3 Å². The van der Waals surface area contributed by atoms with E-state index < -0.39 is 0 Å². The first-order valence-corrected chi connectivity index (χ1v) is 8.97. The van der Waals surface area contributed by atoms with E-state index in [9.17, 15) is 0 Å². The summed E-state index contributed by atoms with van der Waals surface area (Å²) in [6, 6.07) is 0.619. The Morgan fingerprint density at radius 1 is 1.39 bits per heavy atom. The Balaban J connectivity index is 1.49. The van der Waals surface area contributed by atoms with Gasteiger partial charge in [0.2, 0.25) is 5.89 Å². The van der Waals surface area contributed by atoms with Crippen LogP contribution in [0, 0.1) is 12.3 Å². The van der Waals surface area contributed by atoms with E-state index in [0.717, 1.165) is 12.4 Å². The van der Waals surface area contributed by atoms with E-state index in [1.807, 2.05) is 6.92 Å². The number of rotatable bonds is 5. The van der Waals surface area contributed by atoms with Crippen LogP contribution in [0.3, 0.4) is 0 Å². The number of nitrogens with zero attached hydrogens (tertiary/aromatic N) is 4. The molecule has 23 heavy (non-hydrogen) atoms. The highest BCUT2D eigenvalue weighted by atomic mass is 16.5. The van der Waals surface area contributed by atoms with Crippen LogP contribution in [0.5, 0.6) is 0 Å². The minimum absolute atomic E-state index is 0.466. The van der Waals surface area contributed by atoms with Crippen LogP contribution < -0.4 is 5.32 Å². The zero-order valence-corrected chi connectivity index (χ0v) is 14.8. The van der Waals surface area contributed by atoms with Crippen LogP contribution in [0.4, 0.5) is 0 Å². The van der Waals surface area contributed by atoms with Crippen LogP contribution in [-0.4, -0.2) is 65.8 Å². The lowest BCUT2D eigenvalue weighted by Gasteiger charge is -2.31. The van der Waals surface area contributed by atoms with Crippen molar-refractivity contribution >= 4 is 0 Å². The molecule has 3 rings (SSSR count). The fraction of sp³-hybridized carbons (Fsp3) is 0.882. The summed E-state index contributed by atoms with van der Waals surface area (Å²) in [5.74, 6) is 1.45. The van der Waals surface area contributed by atoms with Gasteiger partial charge in [0.05, 0.1) is 6.54 Å². The van der Waals surface area contributed by atoms with Gasteiger partial charge in [-0.15, -0.1) is 0 Å². The molecule has 130 valence electrons. The van der Waals surface area contributed by atoms with Gasteiger partial charge in [-0.1, -0.05) is 12.1 Å². The molecule has 2 fully saturated rings. The van der Waals surface area contributed by atoms with Gasteiger partial charge >= 0.3 is 0 Å². The maximum absolute atomic E-state index is 5.08. The molecule has 0 bridgehead atoms. The molecule has 2 aliphatic heterocycles. The third kappa shape index (κ3) is 4.52. The minimum atomic E-state index is 0.466. The van der Waals surface area contributed by atoms with Crippen molar-refractivity contribution in [2.24, 2.45) is 5.41 Å². The molecule has 0 radical (unpaired) electrons. The first kappa shape index (κ1) is 16.9. The molecule has 2 unspecified atom stereocenters. The van der Waals surface area contributed by atoms with Crippen LogP contribution in [0.25, 0.3) is 0 Å². The van der Waals surface area contributed by atoms with Crippen molar-refractivity contribution in [1.29, 1.82) is 0 Å². The molecule has 0 aliphatic carbocycles. The predicted molar refractivity (Wildman–Crippen MR) is 90.2 cm³/mol. The van der Waals surface area contributed by atoms with Crippen molar-refractivity contribution in [3.05, 3.63) is 11.7 Å². The van der Waals surface area contributed by atoms with Crippen molar-refractivity contribution in [3.63, 3.8) is 0 Å². The van der Waals surface area contributed by atoms with Crippen LogP contribution in [0.1, 0.15) is 44.3 Å². The second-order valence-corrected chi connectivity index (χ2v) is 7.74. The zero-order chi connectivity index (χ0) is 16.3. The molecule has 0 aromatic carbocycles. The van der Waals surface area contributed by atoms with E-state index in [4.69, 9.17) is 4.52 Å². The molecule has 2 atom stereocenters. The molecule has 1 aromatic rings. The monoisotopic (exact) mass is 321 g/mol. The van der Waals surface area contributed by atoms with Gasteiger partial charge in [0.25, 0.3) is 0 Å². The standard InChI is InChI=1S/C17H31N5O/c1-14-19-16(20-23-14)11-21(3)15-5-4-9-22(10-6-15)13-17(2)7-8-18-12-17/h15,18H,4-13H2,1-3H3. The highest BCUT2D eigenvalue weighted by Gasteiger charge is 2.31. The molecule has 3 heterocycles. The summed E-state index contributed by atoms with van der Waals surface area (Å²) < 4.78 is 5.08. The highest BCUT2D eigenvalue weighted by Crippen LogP contribution is 2.27. The second kappa shape index (κ2) is 7.28. The molecule has 2 aliphatic rings. The Bertz CT molecular complexity index is 497. The fourth-order valence-electron chi connectivity index (χ4n) is 4.04. The molecule has 0 spiro atoms. The maximum Gasteiger partial charge on any atom is 0.223 e. The summed E-state index contributed by atoms with van der Waals surface area (Å²) >= 11 is 0. The Labute approximate surface area is 139 Å². The molecule has 0 amide bonds. The lowest BCUT2D eigenvalue weighted by atomic mass is 9.89. The molecule has 0 saturated carbocycles. The quantitative estimate of drug-likeness (QED) is 0.890. The van der Waals surface area contributed by atoms with Crippen molar-refractivity contribution in [2.75, 3.05) is 39.8 Å². The summed E-state index contributed by atoms with van der Waals surface area (Å²) in [6.07, 6.45) is 5.09. The van der Waals surface area contributed by atoms with Gasteiger partial charge in [-0.25, -0.2) is 0 Å². The summed E-state index contributed by atoms with van der Waals surface area (Å²) in [5, 5.41) is 7.54. The number of likely N-dealkylation sites (tertiary alicyclic amines) is 1. The van der Waals surface area contributed by atoms with Gasteiger partial charge in [-0.05, 0) is 57.8 Å². The summed E-state index contributed by atoms with van der Waals surface area (Å²) in [7, 11) is 2.19. The summed E-state index contributed by atoms with van der Waals surface area (Å²) in [5.41, 5.74) is 0.466. The third-order valence-electron chi connectivity index (χ3n) is 5.44. The van der Waals surface area contributed by atoms with E-state index in [1.54, 1.807) is 0 Å². The molecule has 2 saturated heterocycles. The minimum Gasteiger partial charge on any atom is -0.340 e. The lowest BCUT2D eigenvalue weighted by molar-refractivity contribution is 0.170. The second-order valence-electron chi connectivity index (χ2n) is 7.74. The maximum atomic E-state index is 5.08. The number of hydrogen-bond donors (Lipinski definition) is 1. The first-order chi connectivity index (χ1) is 11.0. The third-order valence-corrected chi connectivity index (χ3v) is 5.44. The van der Waals surface area contributed by atoms with Crippen molar-refractivity contribution < 1.29 is 4.52 Å². The van der Waals surface area contributed by atoms with Crippen molar-refractivity contribution in [2.45, 2.75) is 52.1 Å². The van der Waals surface area contributed by atoms with Gasteiger partial charge in [0, 0.05) is 26.1 Å². The van der Waals surface area contributed by atoms with Gasteiger partial charge in [0.1, 0.15) is 0 Å². The average molecular weight is 321 g/mol. The molecule has 1 aromatic heterocycles. The number of aromatic nitrogens is 2. The van der Waals surface area contributed by atoms with Crippen molar-refractivity contribution in [3.8, 4) is 0 Å². The van der Waals surface area contributed by atoms with E-state index in [-0.39, 0.29) is 0 Å². The number of aryl methyl sites for hydroxylation is 1. The Hall–Kier alpha value is -0.980. The van der Waals surface area contributed by atoms with Crippen LogP contribution >= 0.6 is 0 Å². The van der Waals surface area contributed by atoms with E-state index in [2.05, 4.69) is 39.2 Å². The van der Waals surface area contributed by atoms with Gasteiger partial charge in [0.15, 0.2) is 5.82 Å². The zero-order valence-electron chi connectivity index (χ0n) is 14.8. The molecule has 6 nitrogen and oxygen atoms in total. The smallest absolute Gasteiger partial charge is 0.223 e. The van der Waals surface area contributed by atoms with Gasteiger partial charge in [-0.2, -0.15) is 4.98 Å². The largest absolute Gasteiger partial charge is 0.340 e. The van der Waals surface area contributed by atoms with Gasteiger partial charge in [-0.3, -0.25) is 4.90 Å². The number of nitrogens with one attached hydrogen (secondary N) is 1. The molecular weight excluding hydrogens is 290 g/mol. The first-order valence-electron chi connectivity index (χ1n) is 8.97. The Morgan fingerprint density at radius 2 is 2.26 bits per heavy atom. The van der Waals surface area contributed by atoms with E-state index in [1.165, 1.54) is 58.4 Å². The molecular formula is C17H31N5O. The van der Waals surface area contributed by atoms with Crippen LogP contribution in [0.15, 0.2) is 4.52 Å². The van der Waals surface area contributed by atoms with Crippen molar-refractivity contribution in [1.82, 2.24) is 25.3 Å². The normalized spacial score (nSPS) is 30.0. The summed E-state index contributed by atoms with van der Waals surface area (Å²) in [6.45, 7) is 11.1. The van der Waals surface area contributed by atoms with Crippen LogP contribution in [-0.2, 0) is 6.54 Å². The summed E-state index contributed by atoms with van der Waals surface area (Å²) in [4.78, 5) is 9.40. The van der Waals surface area contributed by atoms with Gasteiger partial charge < -0.3 is 14.7 Å². The molecule has 1 N–H and O–H groups in total. The Morgan fingerprint density at radius 3 is 2.96 bits per heavy atom.